The summed E-state index contributed by atoms with van der Waals surface area (Å²) in [5.74, 6) is -0.767. The third-order valence-corrected chi connectivity index (χ3v) is 4.01. The molecule has 0 aliphatic heterocycles. The number of hydrogen-bond acceptors (Lipinski definition) is 5. The van der Waals surface area contributed by atoms with Gasteiger partial charge in [0.1, 0.15) is 24.3 Å². The van der Waals surface area contributed by atoms with Gasteiger partial charge >= 0.3 is 6.03 Å². The number of imidazole rings is 1. The first-order chi connectivity index (χ1) is 14.6. The molecular formula is C20H15F2N7O. The summed E-state index contributed by atoms with van der Waals surface area (Å²) in [5.41, 5.74) is 1.40. The monoisotopic (exact) mass is 407 g/mol. The normalized spacial score (nSPS) is 10.5. The van der Waals surface area contributed by atoms with E-state index in [9.17, 15) is 13.6 Å². The standard InChI is InChI=1S/C20H15F2N7O/c21-16-6-5-15(9-17(16)22)28-20(30)27-14-3-1-13(2-4-14)26-18-10-19(25-11-24-18)29-8-7-23-12-29/h1-12H,(H,24,25,26)(H2,27,28,30). The third kappa shape index (κ3) is 4.55. The van der Waals surface area contributed by atoms with Crippen molar-refractivity contribution in [1.82, 2.24) is 19.5 Å². The van der Waals surface area contributed by atoms with Gasteiger partial charge in [-0.1, -0.05) is 0 Å². The van der Waals surface area contributed by atoms with Gasteiger partial charge in [0.05, 0.1) is 0 Å². The highest BCUT2D eigenvalue weighted by Crippen LogP contribution is 2.19. The zero-order valence-corrected chi connectivity index (χ0v) is 15.4. The van der Waals surface area contributed by atoms with Crippen molar-refractivity contribution in [3.63, 3.8) is 0 Å². The zero-order valence-electron chi connectivity index (χ0n) is 15.4. The van der Waals surface area contributed by atoms with E-state index in [-0.39, 0.29) is 5.69 Å². The third-order valence-electron chi connectivity index (χ3n) is 4.01. The van der Waals surface area contributed by atoms with Crippen molar-refractivity contribution in [1.29, 1.82) is 0 Å². The minimum atomic E-state index is -1.04. The summed E-state index contributed by atoms with van der Waals surface area (Å²) in [6, 6.07) is 11.2. The molecule has 0 aliphatic carbocycles. The second-order valence-corrected chi connectivity index (χ2v) is 6.14. The number of halogens is 2. The van der Waals surface area contributed by atoms with E-state index < -0.39 is 17.7 Å². The van der Waals surface area contributed by atoms with E-state index in [1.54, 1.807) is 53.6 Å². The van der Waals surface area contributed by atoms with Gasteiger partial charge in [-0.2, -0.15) is 0 Å². The number of carbonyl (C=O) groups is 1. The first-order valence-corrected chi connectivity index (χ1v) is 8.77. The van der Waals surface area contributed by atoms with E-state index >= 15 is 0 Å². The first-order valence-electron chi connectivity index (χ1n) is 8.77. The predicted molar refractivity (Wildman–Crippen MR) is 108 cm³/mol. The molecule has 4 aromatic rings. The van der Waals surface area contributed by atoms with Crippen molar-refractivity contribution in [2.45, 2.75) is 0 Å². The van der Waals surface area contributed by atoms with Crippen molar-refractivity contribution in [3.05, 3.63) is 85.2 Å². The minimum Gasteiger partial charge on any atom is -0.340 e. The van der Waals surface area contributed by atoms with Crippen molar-refractivity contribution < 1.29 is 13.6 Å². The number of urea groups is 1. The fourth-order valence-corrected chi connectivity index (χ4v) is 2.60. The molecule has 4 rings (SSSR count). The molecule has 0 unspecified atom stereocenters. The number of amides is 2. The maximum atomic E-state index is 13.2. The topological polar surface area (TPSA) is 96.8 Å². The second kappa shape index (κ2) is 8.35. The van der Waals surface area contributed by atoms with Gasteiger partial charge in [0.2, 0.25) is 0 Å². The molecule has 8 nitrogen and oxygen atoms in total. The van der Waals surface area contributed by atoms with Crippen LogP contribution in [0.5, 0.6) is 0 Å². The van der Waals surface area contributed by atoms with Crippen LogP contribution >= 0.6 is 0 Å². The highest BCUT2D eigenvalue weighted by Gasteiger charge is 2.07. The molecule has 2 amide bonds. The van der Waals surface area contributed by atoms with Gasteiger partial charge in [-0.05, 0) is 36.4 Å². The smallest absolute Gasteiger partial charge is 0.323 e. The van der Waals surface area contributed by atoms with E-state index in [0.717, 1.165) is 17.8 Å². The van der Waals surface area contributed by atoms with Gasteiger partial charge < -0.3 is 16.0 Å². The van der Waals surface area contributed by atoms with E-state index in [4.69, 9.17) is 0 Å². The fraction of sp³-hybridized carbons (Fsp3) is 0. The van der Waals surface area contributed by atoms with Crippen LogP contribution in [-0.4, -0.2) is 25.6 Å². The molecule has 0 saturated carbocycles. The van der Waals surface area contributed by atoms with E-state index in [1.165, 1.54) is 12.4 Å². The van der Waals surface area contributed by atoms with Gasteiger partial charge in [-0.25, -0.2) is 28.5 Å². The summed E-state index contributed by atoms with van der Waals surface area (Å²) in [4.78, 5) is 24.4. The number of benzene rings is 2. The van der Waals surface area contributed by atoms with Gasteiger partial charge in [0.25, 0.3) is 0 Å². The first kappa shape index (κ1) is 19.0. The van der Waals surface area contributed by atoms with Crippen LogP contribution in [-0.2, 0) is 0 Å². The molecule has 0 fully saturated rings. The maximum Gasteiger partial charge on any atom is 0.323 e. The summed E-state index contributed by atoms with van der Waals surface area (Å²) in [6.45, 7) is 0. The van der Waals surface area contributed by atoms with Crippen LogP contribution in [0.4, 0.5) is 36.5 Å². The Hall–Kier alpha value is -4.34. The van der Waals surface area contributed by atoms with Gasteiger partial charge in [-0.15, -0.1) is 0 Å². The number of carbonyl (C=O) groups excluding carboxylic acids is 1. The molecule has 0 atom stereocenters. The van der Waals surface area contributed by atoms with Crippen LogP contribution in [0.15, 0.2) is 73.6 Å². The SMILES string of the molecule is O=C(Nc1ccc(Nc2cc(-n3ccnc3)ncn2)cc1)Nc1ccc(F)c(F)c1. The highest BCUT2D eigenvalue weighted by atomic mass is 19.2. The minimum absolute atomic E-state index is 0.141. The summed E-state index contributed by atoms with van der Waals surface area (Å²) >= 11 is 0. The van der Waals surface area contributed by atoms with Crippen LogP contribution in [0.3, 0.4) is 0 Å². The quantitative estimate of drug-likeness (QED) is 0.458. The lowest BCUT2D eigenvalue weighted by molar-refractivity contribution is 0.262. The molecule has 150 valence electrons. The number of nitrogens with one attached hydrogen (secondary N) is 3. The molecule has 0 aliphatic rings. The van der Waals surface area contributed by atoms with Gasteiger partial charge in [0.15, 0.2) is 11.6 Å². The molecule has 2 aromatic heterocycles. The molecule has 0 bridgehead atoms. The van der Waals surface area contributed by atoms with Crippen molar-refractivity contribution >= 4 is 28.9 Å². The molecule has 0 spiro atoms. The number of nitrogens with zero attached hydrogens (tertiary/aromatic N) is 4. The van der Waals surface area contributed by atoms with Crippen LogP contribution in [0.25, 0.3) is 5.82 Å². The number of anilines is 4. The van der Waals surface area contributed by atoms with Gasteiger partial charge in [-0.3, -0.25) is 4.57 Å². The van der Waals surface area contributed by atoms with Crippen LogP contribution < -0.4 is 16.0 Å². The predicted octanol–water partition coefficient (Wildman–Crippen LogP) is 4.33. The maximum absolute atomic E-state index is 13.2. The van der Waals surface area contributed by atoms with Crippen LogP contribution in [0.1, 0.15) is 0 Å². The van der Waals surface area contributed by atoms with E-state index in [0.29, 0.717) is 17.3 Å². The lowest BCUT2D eigenvalue weighted by Crippen LogP contribution is -2.19. The average Bonchev–Trinajstić information content (AvgIpc) is 3.27. The summed E-state index contributed by atoms with van der Waals surface area (Å²) in [7, 11) is 0. The van der Waals surface area contributed by atoms with Crippen molar-refractivity contribution in [2.75, 3.05) is 16.0 Å². The number of hydrogen-bond donors (Lipinski definition) is 3. The Morgan fingerprint density at radius 3 is 2.33 bits per heavy atom. The molecule has 2 aromatic carbocycles. The summed E-state index contributed by atoms with van der Waals surface area (Å²) < 4.78 is 27.9. The lowest BCUT2D eigenvalue weighted by Gasteiger charge is -2.10. The number of aromatic nitrogens is 4. The Balaban J connectivity index is 1.37. The van der Waals surface area contributed by atoms with E-state index in [1.807, 2.05) is 0 Å². The van der Waals surface area contributed by atoms with Crippen LogP contribution in [0, 0.1) is 11.6 Å². The highest BCUT2D eigenvalue weighted by molar-refractivity contribution is 5.99. The molecule has 10 heteroatoms. The molecule has 30 heavy (non-hydrogen) atoms. The Bertz CT molecular complexity index is 1160. The number of rotatable bonds is 5. The fourth-order valence-electron chi connectivity index (χ4n) is 2.60. The summed E-state index contributed by atoms with van der Waals surface area (Å²) in [6.07, 6.45) is 6.51. The van der Waals surface area contributed by atoms with E-state index in [2.05, 4.69) is 30.9 Å². The van der Waals surface area contributed by atoms with Crippen molar-refractivity contribution in [3.8, 4) is 5.82 Å². The molecule has 3 N–H and O–H groups in total. The van der Waals surface area contributed by atoms with Crippen LogP contribution in [0.2, 0.25) is 0 Å². The molecule has 0 saturated heterocycles. The lowest BCUT2D eigenvalue weighted by atomic mass is 10.2. The molecular weight excluding hydrogens is 392 g/mol. The van der Waals surface area contributed by atoms with Gasteiger partial charge in [0, 0.05) is 41.6 Å². The zero-order chi connectivity index (χ0) is 20.9. The second-order valence-electron chi connectivity index (χ2n) is 6.14. The largest absolute Gasteiger partial charge is 0.340 e. The molecule has 2 heterocycles. The Morgan fingerprint density at radius 2 is 1.60 bits per heavy atom. The summed E-state index contributed by atoms with van der Waals surface area (Å²) in [5, 5.41) is 8.20. The molecule has 0 radical (unpaired) electrons. The Labute approximate surface area is 169 Å². The van der Waals surface area contributed by atoms with Crippen molar-refractivity contribution in [2.24, 2.45) is 0 Å². The Kier molecular flexibility index (Phi) is 5.29. The Morgan fingerprint density at radius 1 is 0.867 bits per heavy atom. The average molecular weight is 407 g/mol.